The molecule has 0 aliphatic rings. The number of amides is 1. The van der Waals surface area contributed by atoms with E-state index in [0.29, 0.717) is 22.8 Å². The lowest BCUT2D eigenvalue weighted by Crippen LogP contribution is -2.44. The third-order valence-electron chi connectivity index (χ3n) is 3.80. The van der Waals surface area contributed by atoms with E-state index in [1.54, 1.807) is 46.1 Å². The molecule has 1 heterocycles. The van der Waals surface area contributed by atoms with E-state index in [0.717, 1.165) is 5.56 Å². The number of benzene rings is 1. The monoisotopic (exact) mass is 391 g/mol. The van der Waals surface area contributed by atoms with Crippen LogP contribution in [-0.4, -0.2) is 53.2 Å². The SMILES string of the molecule is COc1ccc(-c2[nH]ncc2CC(NC(=O)OC(C)(C)C)C(=O)O)cc1OC. The van der Waals surface area contributed by atoms with E-state index in [4.69, 9.17) is 14.2 Å². The van der Waals surface area contributed by atoms with Gasteiger partial charge in [-0.2, -0.15) is 5.10 Å². The number of aromatic amines is 1. The number of aromatic nitrogens is 2. The predicted molar refractivity (Wildman–Crippen MR) is 102 cm³/mol. The number of nitrogens with zero attached hydrogens (tertiary/aromatic N) is 1. The number of carbonyl (C=O) groups is 2. The first kappa shape index (κ1) is 21.1. The molecule has 2 rings (SSSR count). The lowest BCUT2D eigenvalue weighted by atomic mass is 10.0. The molecular weight excluding hydrogens is 366 g/mol. The summed E-state index contributed by atoms with van der Waals surface area (Å²) < 4.78 is 15.7. The molecule has 0 bridgehead atoms. The third-order valence-corrected chi connectivity index (χ3v) is 3.80. The fourth-order valence-corrected chi connectivity index (χ4v) is 2.58. The Balaban J connectivity index is 2.24. The van der Waals surface area contributed by atoms with E-state index < -0.39 is 23.7 Å². The molecule has 0 saturated carbocycles. The van der Waals surface area contributed by atoms with Crippen molar-refractivity contribution in [2.75, 3.05) is 14.2 Å². The number of nitrogens with one attached hydrogen (secondary N) is 2. The molecule has 1 amide bonds. The summed E-state index contributed by atoms with van der Waals surface area (Å²) in [6.45, 7) is 5.11. The van der Waals surface area contributed by atoms with Gasteiger partial charge in [-0.15, -0.1) is 0 Å². The zero-order chi connectivity index (χ0) is 20.9. The average molecular weight is 391 g/mol. The van der Waals surface area contributed by atoms with Gasteiger partial charge in [-0.3, -0.25) is 5.10 Å². The van der Waals surface area contributed by atoms with Crippen molar-refractivity contribution in [2.24, 2.45) is 0 Å². The maximum absolute atomic E-state index is 12.0. The smallest absolute Gasteiger partial charge is 0.408 e. The molecule has 0 saturated heterocycles. The van der Waals surface area contributed by atoms with Gasteiger partial charge in [-0.05, 0) is 39.0 Å². The highest BCUT2D eigenvalue weighted by atomic mass is 16.6. The predicted octanol–water partition coefficient (Wildman–Crippen LogP) is 2.61. The molecule has 0 spiro atoms. The molecule has 2 aromatic rings. The largest absolute Gasteiger partial charge is 0.493 e. The van der Waals surface area contributed by atoms with Crippen molar-refractivity contribution < 1.29 is 28.9 Å². The van der Waals surface area contributed by atoms with Crippen LogP contribution in [0.25, 0.3) is 11.3 Å². The van der Waals surface area contributed by atoms with Crippen LogP contribution in [-0.2, 0) is 16.0 Å². The Kier molecular flexibility index (Phi) is 6.50. The number of carboxylic acid groups (broad SMARTS) is 1. The Labute approximate surface area is 163 Å². The second-order valence-corrected chi connectivity index (χ2v) is 7.08. The number of methoxy groups -OCH3 is 2. The van der Waals surface area contributed by atoms with Crippen LogP contribution in [0.4, 0.5) is 4.79 Å². The molecule has 3 N–H and O–H groups in total. The molecule has 1 aromatic carbocycles. The maximum atomic E-state index is 12.0. The van der Waals surface area contributed by atoms with E-state index in [9.17, 15) is 14.7 Å². The first-order chi connectivity index (χ1) is 13.1. The number of hydrogen-bond acceptors (Lipinski definition) is 6. The number of H-pyrrole nitrogens is 1. The highest BCUT2D eigenvalue weighted by Crippen LogP contribution is 2.33. The van der Waals surface area contributed by atoms with Gasteiger partial charge in [0.05, 0.1) is 26.1 Å². The lowest BCUT2D eigenvalue weighted by molar-refractivity contribution is -0.139. The molecule has 0 aliphatic carbocycles. The quantitative estimate of drug-likeness (QED) is 0.663. The third kappa shape index (κ3) is 5.38. The fraction of sp³-hybridized carbons (Fsp3) is 0.421. The van der Waals surface area contributed by atoms with Crippen LogP contribution in [0.3, 0.4) is 0 Å². The van der Waals surface area contributed by atoms with Crippen LogP contribution >= 0.6 is 0 Å². The zero-order valence-electron chi connectivity index (χ0n) is 16.5. The number of rotatable bonds is 7. The molecule has 28 heavy (non-hydrogen) atoms. The average Bonchev–Trinajstić information content (AvgIpc) is 3.07. The van der Waals surface area contributed by atoms with E-state index in [1.807, 2.05) is 0 Å². The number of carbonyl (C=O) groups excluding carboxylic acids is 1. The summed E-state index contributed by atoms with van der Waals surface area (Å²) in [6.07, 6.45) is 0.754. The molecule has 9 nitrogen and oxygen atoms in total. The molecule has 152 valence electrons. The van der Waals surface area contributed by atoms with Crippen molar-refractivity contribution >= 4 is 12.1 Å². The number of ether oxygens (including phenoxy) is 3. The molecule has 1 aromatic heterocycles. The minimum Gasteiger partial charge on any atom is -0.493 e. The molecule has 0 fully saturated rings. The van der Waals surface area contributed by atoms with Crippen molar-refractivity contribution in [1.82, 2.24) is 15.5 Å². The highest BCUT2D eigenvalue weighted by Gasteiger charge is 2.26. The molecule has 1 unspecified atom stereocenters. The lowest BCUT2D eigenvalue weighted by Gasteiger charge is -2.22. The molecule has 0 radical (unpaired) electrons. The van der Waals surface area contributed by atoms with Crippen molar-refractivity contribution in [1.29, 1.82) is 0 Å². The number of aliphatic carboxylic acids is 1. The van der Waals surface area contributed by atoms with E-state index in [-0.39, 0.29) is 6.42 Å². The summed E-state index contributed by atoms with van der Waals surface area (Å²) in [5.41, 5.74) is 1.26. The molecule has 0 aliphatic heterocycles. The van der Waals surface area contributed by atoms with Crippen molar-refractivity contribution in [2.45, 2.75) is 38.8 Å². The van der Waals surface area contributed by atoms with Crippen LogP contribution in [0.2, 0.25) is 0 Å². The van der Waals surface area contributed by atoms with Gasteiger partial charge >= 0.3 is 12.1 Å². The first-order valence-corrected chi connectivity index (χ1v) is 8.61. The molecule has 9 heteroatoms. The van der Waals surface area contributed by atoms with E-state index in [2.05, 4.69) is 15.5 Å². The molecule has 1 atom stereocenters. The Morgan fingerprint density at radius 3 is 2.46 bits per heavy atom. The molecular formula is C19H25N3O6. The van der Waals surface area contributed by atoms with Gasteiger partial charge < -0.3 is 24.6 Å². The van der Waals surface area contributed by atoms with E-state index in [1.165, 1.54) is 13.3 Å². The Bertz CT molecular complexity index is 840. The van der Waals surface area contributed by atoms with Gasteiger partial charge in [-0.25, -0.2) is 9.59 Å². The summed E-state index contributed by atoms with van der Waals surface area (Å²) in [7, 11) is 3.07. The summed E-state index contributed by atoms with van der Waals surface area (Å²) in [4.78, 5) is 23.6. The zero-order valence-corrected chi connectivity index (χ0v) is 16.5. The summed E-state index contributed by atoms with van der Waals surface area (Å²) in [6, 6.07) is 4.13. The summed E-state index contributed by atoms with van der Waals surface area (Å²) >= 11 is 0. The normalized spacial score (nSPS) is 12.2. The highest BCUT2D eigenvalue weighted by molar-refractivity contribution is 5.81. The second kappa shape index (κ2) is 8.64. The van der Waals surface area contributed by atoms with E-state index >= 15 is 0 Å². The van der Waals surface area contributed by atoms with Crippen LogP contribution in [0.5, 0.6) is 11.5 Å². The van der Waals surface area contributed by atoms with Crippen molar-refractivity contribution in [3.63, 3.8) is 0 Å². The second-order valence-electron chi connectivity index (χ2n) is 7.08. The maximum Gasteiger partial charge on any atom is 0.408 e. The van der Waals surface area contributed by atoms with Gasteiger partial charge in [0.15, 0.2) is 11.5 Å². The van der Waals surface area contributed by atoms with Crippen molar-refractivity contribution in [3.8, 4) is 22.8 Å². The Morgan fingerprint density at radius 2 is 1.89 bits per heavy atom. The Morgan fingerprint density at radius 1 is 1.21 bits per heavy atom. The number of carboxylic acids is 1. The van der Waals surface area contributed by atoms with Gasteiger partial charge in [0.2, 0.25) is 0 Å². The first-order valence-electron chi connectivity index (χ1n) is 8.61. The minimum atomic E-state index is -1.18. The summed E-state index contributed by atoms with van der Waals surface area (Å²) in [5, 5.41) is 18.8. The van der Waals surface area contributed by atoms with Crippen molar-refractivity contribution in [3.05, 3.63) is 30.0 Å². The minimum absolute atomic E-state index is 0.0226. The standard InChI is InChI=1S/C19H25N3O6/c1-19(2,3)28-18(25)21-13(17(23)24)8-12-10-20-22-16(12)11-6-7-14(26-4)15(9-11)27-5/h6-7,9-10,13H,8H2,1-5H3,(H,20,22)(H,21,25)(H,23,24). The topological polar surface area (TPSA) is 123 Å². The summed E-state index contributed by atoms with van der Waals surface area (Å²) in [5.74, 6) is -0.0742. The van der Waals surface area contributed by atoms with Crippen LogP contribution in [0.1, 0.15) is 26.3 Å². The van der Waals surface area contributed by atoms with Crippen LogP contribution < -0.4 is 14.8 Å². The number of alkyl carbamates (subject to hydrolysis) is 1. The van der Waals surface area contributed by atoms with Gasteiger partial charge in [0.1, 0.15) is 11.6 Å². The van der Waals surface area contributed by atoms with Gasteiger partial charge in [0, 0.05) is 17.5 Å². The van der Waals surface area contributed by atoms with Crippen LogP contribution in [0, 0.1) is 0 Å². The number of hydrogen-bond donors (Lipinski definition) is 3. The fourth-order valence-electron chi connectivity index (χ4n) is 2.58. The van der Waals surface area contributed by atoms with Crippen LogP contribution in [0.15, 0.2) is 24.4 Å². The van der Waals surface area contributed by atoms with Gasteiger partial charge in [0.25, 0.3) is 0 Å². The Hall–Kier alpha value is -3.23. The van der Waals surface area contributed by atoms with Gasteiger partial charge in [-0.1, -0.05) is 0 Å².